The Hall–Kier alpha value is -1.43. The van der Waals surface area contributed by atoms with Gasteiger partial charge in [0, 0.05) is 5.38 Å². The highest BCUT2D eigenvalue weighted by molar-refractivity contribution is 7.07. The Bertz CT molecular complexity index is 508. The zero-order chi connectivity index (χ0) is 14.2. The van der Waals surface area contributed by atoms with Crippen molar-refractivity contribution in [2.75, 3.05) is 0 Å². The van der Waals surface area contributed by atoms with E-state index in [1.54, 1.807) is 17.3 Å². The Morgan fingerprint density at radius 2 is 2.15 bits per heavy atom. The fourth-order valence-electron chi connectivity index (χ4n) is 3.18. The smallest absolute Gasteiger partial charge is 0.249 e. The summed E-state index contributed by atoms with van der Waals surface area (Å²) in [6, 6.07) is -0.420. The molecule has 1 aliphatic heterocycles. The Balaban J connectivity index is 1.86. The Morgan fingerprint density at radius 1 is 1.40 bits per heavy atom. The van der Waals surface area contributed by atoms with Gasteiger partial charge in [0.15, 0.2) is 0 Å². The molecule has 2 fully saturated rings. The predicted octanol–water partition coefficient (Wildman–Crippen LogP) is 1.69. The number of hydrogen-bond donors (Lipinski definition) is 1. The number of rotatable bonds is 2. The molecule has 0 bridgehead atoms. The lowest BCUT2D eigenvalue weighted by molar-refractivity contribution is -0.156. The van der Waals surface area contributed by atoms with Gasteiger partial charge in [-0.2, -0.15) is 0 Å². The van der Waals surface area contributed by atoms with Crippen molar-refractivity contribution < 1.29 is 9.59 Å². The number of aromatic nitrogens is 1. The molecule has 2 amide bonds. The molecule has 5 nitrogen and oxygen atoms in total. The summed E-state index contributed by atoms with van der Waals surface area (Å²) in [4.78, 5) is 31.0. The number of carbonyl (C=O) groups excluding carboxylic acids is 2. The normalized spacial score (nSPS) is 25.9. The number of carbonyl (C=O) groups is 2. The van der Waals surface area contributed by atoms with Gasteiger partial charge in [0.2, 0.25) is 11.8 Å². The molecule has 1 aromatic heterocycles. The van der Waals surface area contributed by atoms with Gasteiger partial charge in [-0.3, -0.25) is 9.59 Å². The molecule has 3 rings (SSSR count). The SMILES string of the molecule is CC1C(=O)NC2(CCCCC2)C(=O)N1Cc1cscn1. The lowest BCUT2D eigenvalue weighted by Gasteiger charge is -2.46. The first kappa shape index (κ1) is 13.5. The largest absolute Gasteiger partial charge is 0.340 e. The summed E-state index contributed by atoms with van der Waals surface area (Å²) < 4.78 is 0. The molecule has 1 saturated heterocycles. The fraction of sp³-hybridized carbons (Fsp3) is 0.643. The molecular weight excluding hydrogens is 274 g/mol. The van der Waals surface area contributed by atoms with E-state index in [1.807, 2.05) is 5.38 Å². The number of hydrogen-bond acceptors (Lipinski definition) is 4. The monoisotopic (exact) mass is 293 g/mol. The summed E-state index contributed by atoms with van der Waals surface area (Å²) in [5.74, 6) is 0.0269. The lowest BCUT2D eigenvalue weighted by Crippen LogP contribution is -2.69. The van der Waals surface area contributed by atoms with E-state index in [4.69, 9.17) is 0 Å². The summed E-state index contributed by atoms with van der Waals surface area (Å²) in [6.07, 6.45) is 4.68. The fourth-order valence-corrected chi connectivity index (χ4v) is 3.73. The molecule has 1 unspecified atom stereocenters. The Morgan fingerprint density at radius 3 is 2.80 bits per heavy atom. The van der Waals surface area contributed by atoms with Crippen LogP contribution in [-0.4, -0.2) is 33.3 Å². The van der Waals surface area contributed by atoms with Crippen molar-refractivity contribution in [1.82, 2.24) is 15.2 Å². The van der Waals surface area contributed by atoms with Gasteiger partial charge in [-0.1, -0.05) is 19.3 Å². The molecule has 1 N–H and O–H groups in total. The average molecular weight is 293 g/mol. The molecule has 108 valence electrons. The second kappa shape index (κ2) is 5.16. The van der Waals surface area contributed by atoms with Gasteiger partial charge in [-0.15, -0.1) is 11.3 Å². The van der Waals surface area contributed by atoms with Crippen LogP contribution in [0.4, 0.5) is 0 Å². The third kappa shape index (κ3) is 2.22. The topological polar surface area (TPSA) is 62.3 Å². The average Bonchev–Trinajstić information content (AvgIpc) is 2.96. The molecule has 1 atom stereocenters. The Labute approximate surface area is 122 Å². The van der Waals surface area contributed by atoms with E-state index in [9.17, 15) is 9.59 Å². The van der Waals surface area contributed by atoms with Gasteiger partial charge in [0.05, 0.1) is 17.7 Å². The van der Waals surface area contributed by atoms with Gasteiger partial charge in [-0.05, 0) is 19.8 Å². The van der Waals surface area contributed by atoms with Crippen LogP contribution < -0.4 is 5.32 Å². The van der Waals surface area contributed by atoms with E-state index in [0.29, 0.717) is 6.54 Å². The molecule has 1 aromatic rings. The summed E-state index contributed by atoms with van der Waals surface area (Å²) in [5.41, 5.74) is 1.96. The molecule has 1 aliphatic carbocycles. The van der Waals surface area contributed by atoms with E-state index in [2.05, 4.69) is 10.3 Å². The summed E-state index contributed by atoms with van der Waals surface area (Å²) >= 11 is 1.51. The van der Waals surface area contributed by atoms with Crippen LogP contribution in [0.3, 0.4) is 0 Å². The molecular formula is C14H19N3O2S. The Kier molecular flexibility index (Phi) is 3.50. The molecule has 2 heterocycles. The first-order valence-electron chi connectivity index (χ1n) is 7.12. The van der Waals surface area contributed by atoms with Crippen molar-refractivity contribution in [2.24, 2.45) is 0 Å². The van der Waals surface area contributed by atoms with E-state index in [0.717, 1.165) is 37.8 Å². The van der Waals surface area contributed by atoms with Crippen molar-refractivity contribution in [2.45, 2.75) is 57.2 Å². The van der Waals surface area contributed by atoms with Crippen molar-refractivity contribution in [1.29, 1.82) is 0 Å². The minimum absolute atomic E-state index is 0.0401. The molecule has 6 heteroatoms. The number of piperazine rings is 1. The first-order chi connectivity index (χ1) is 9.62. The third-order valence-corrected chi connectivity index (χ3v) is 5.04. The molecule has 2 aliphatic rings. The third-order valence-electron chi connectivity index (χ3n) is 4.40. The quantitative estimate of drug-likeness (QED) is 0.902. The van der Waals surface area contributed by atoms with Crippen molar-refractivity contribution >= 4 is 23.2 Å². The minimum atomic E-state index is -0.655. The van der Waals surface area contributed by atoms with E-state index in [-0.39, 0.29) is 11.8 Å². The van der Waals surface area contributed by atoms with Crippen LogP contribution in [0.2, 0.25) is 0 Å². The minimum Gasteiger partial charge on any atom is -0.340 e. The first-order valence-corrected chi connectivity index (χ1v) is 8.07. The van der Waals surface area contributed by atoms with Gasteiger partial charge in [0.1, 0.15) is 11.6 Å². The van der Waals surface area contributed by atoms with Crippen molar-refractivity contribution in [3.63, 3.8) is 0 Å². The maximum absolute atomic E-state index is 12.9. The van der Waals surface area contributed by atoms with Crippen LogP contribution in [0, 0.1) is 0 Å². The number of thiazole rings is 1. The molecule has 20 heavy (non-hydrogen) atoms. The van der Waals surface area contributed by atoms with Crippen LogP contribution in [0.25, 0.3) is 0 Å². The van der Waals surface area contributed by atoms with E-state index >= 15 is 0 Å². The highest BCUT2D eigenvalue weighted by atomic mass is 32.1. The van der Waals surface area contributed by atoms with Crippen LogP contribution >= 0.6 is 11.3 Å². The van der Waals surface area contributed by atoms with Crippen LogP contribution in [-0.2, 0) is 16.1 Å². The second-order valence-electron chi connectivity index (χ2n) is 5.72. The van der Waals surface area contributed by atoms with Crippen LogP contribution in [0.5, 0.6) is 0 Å². The van der Waals surface area contributed by atoms with Gasteiger partial charge >= 0.3 is 0 Å². The molecule has 1 saturated carbocycles. The standard InChI is InChI=1S/C14H19N3O2S/c1-10-12(18)16-14(5-3-2-4-6-14)13(19)17(10)7-11-8-20-9-15-11/h8-10H,2-7H2,1H3,(H,16,18). The van der Waals surface area contributed by atoms with E-state index < -0.39 is 11.6 Å². The molecule has 0 aromatic carbocycles. The van der Waals surface area contributed by atoms with Crippen molar-refractivity contribution in [3.8, 4) is 0 Å². The second-order valence-corrected chi connectivity index (χ2v) is 6.44. The van der Waals surface area contributed by atoms with Crippen LogP contribution in [0.1, 0.15) is 44.7 Å². The molecule has 0 radical (unpaired) electrons. The van der Waals surface area contributed by atoms with Gasteiger partial charge in [0.25, 0.3) is 0 Å². The summed E-state index contributed by atoms with van der Waals surface area (Å²) in [5, 5.41) is 4.92. The summed E-state index contributed by atoms with van der Waals surface area (Å²) in [7, 11) is 0. The highest BCUT2D eigenvalue weighted by Crippen LogP contribution is 2.33. The predicted molar refractivity (Wildman–Crippen MR) is 76.1 cm³/mol. The van der Waals surface area contributed by atoms with Crippen molar-refractivity contribution in [3.05, 3.63) is 16.6 Å². The number of amides is 2. The zero-order valence-electron chi connectivity index (χ0n) is 11.6. The zero-order valence-corrected chi connectivity index (χ0v) is 12.4. The maximum Gasteiger partial charge on any atom is 0.249 e. The van der Waals surface area contributed by atoms with E-state index in [1.165, 1.54) is 11.3 Å². The maximum atomic E-state index is 12.9. The number of nitrogens with one attached hydrogen (secondary N) is 1. The highest BCUT2D eigenvalue weighted by Gasteiger charge is 2.49. The lowest BCUT2D eigenvalue weighted by atomic mass is 9.78. The molecule has 1 spiro atoms. The summed E-state index contributed by atoms with van der Waals surface area (Å²) in [6.45, 7) is 2.22. The number of nitrogens with zero attached hydrogens (tertiary/aromatic N) is 2. The van der Waals surface area contributed by atoms with Gasteiger partial charge < -0.3 is 10.2 Å². The van der Waals surface area contributed by atoms with Crippen LogP contribution in [0.15, 0.2) is 10.9 Å². The van der Waals surface area contributed by atoms with Gasteiger partial charge in [-0.25, -0.2) is 4.98 Å².